The van der Waals surface area contributed by atoms with Crippen LogP contribution in [0.5, 0.6) is 0 Å². The standard InChI is InChI=1S/C38H51F3O2/c1-32(2)16-18-37-19-17-35(6)26(29(37)31(32)43-22-37)12-13-28-34(5)21-24(20-23-10-8-9-11-25(23)38(39,40)41)30(42)33(3,4)27(34)14-15-36(28,35)7/h8-11,20,26-29,31H,12-19,21-22H2,1-7H3/b24-20+/t26-,27-,28-,29+,31-,34+,35-,36-,37-/m1/s1. The van der Waals surface area contributed by atoms with Crippen LogP contribution in [0.25, 0.3) is 6.08 Å². The molecule has 0 N–H and O–H groups in total. The quantitative estimate of drug-likeness (QED) is 0.302. The van der Waals surface area contributed by atoms with Crippen LogP contribution in [-0.4, -0.2) is 18.5 Å². The van der Waals surface area contributed by atoms with Crippen molar-refractivity contribution in [3.63, 3.8) is 0 Å². The lowest BCUT2D eigenvalue weighted by Gasteiger charge is -2.73. The van der Waals surface area contributed by atoms with Crippen molar-refractivity contribution in [3.8, 4) is 0 Å². The number of carbonyl (C=O) groups is 1. The number of allylic oxidation sites excluding steroid dienone is 1. The third-order valence-electron chi connectivity index (χ3n) is 15.3. The number of ketones is 1. The molecule has 236 valence electrons. The van der Waals surface area contributed by atoms with E-state index in [-0.39, 0.29) is 38.9 Å². The molecule has 5 heteroatoms. The summed E-state index contributed by atoms with van der Waals surface area (Å²) in [7, 11) is 0. The summed E-state index contributed by atoms with van der Waals surface area (Å²) in [6, 6.07) is 5.72. The third-order valence-corrected chi connectivity index (χ3v) is 15.3. The van der Waals surface area contributed by atoms with Crippen molar-refractivity contribution in [1.29, 1.82) is 0 Å². The Balaban J connectivity index is 1.29. The van der Waals surface area contributed by atoms with Crippen molar-refractivity contribution in [2.75, 3.05) is 6.61 Å². The first-order valence-corrected chi connectivity index (χ1v) is 16.9. The number of hydrogen-bond acceptors (Lipinski definition) is 2. The minimum Gasteiger partial charge on any atom is -0.377 e. The molecule has 5 aliphatic carbocycles. The van der Waals surface area contributed by atoms with Gasteiger partial charge in [-0.25, -0.2) is 0 Å². The molecule has 2 bridgehead atoms. The van der Waals surface area contributed by atoms with Gasteiger partial charge in [-0.3, -0.25) is 4.79 Å². The van der Waals surface area contributed by atoms with Gasteiger partial charge in [-0.1, -0.05) is 66.7 Å². The predicted octanol–water partition coefficient (Wildman–Crippen LogP) is 10.2. The Hall–Kier alpha value is -1.62. The molecule has 0 spiro atoms. The molecular weight excluding hydrogens is 545 g/mol. The molecule has 1 aliphatic heterocycles. The van der Waals surface area contributed by atoms with E-state index in [1.165, 1.54) is 44.2 Å². The van der Waals surface area contributed by atoms with Crippen LogP contribution in [0.4, 0.5) is 13.2 Å². The summed E-state index contributed by atoms with van der Waals surface area (Å²) in [5.41, 5.74) is 0.143. The van der Waals surface area contributed by atoms with E-state index in [1.54, 1.807) is 12.1 Å². The maximum atomic E-state index is 14.1. The largest absolute Gasteiger partial charge is 0.416 e. The molecule has 9 atom stereocenters. The van der Waals surface area contributed by atoms with Gasteiger partial charge in [-0.15, -0.1) is 0 Å². The Morgan fingerprint density at radius 3 is 2.26 bits per heavy atom. The second kappa shape index (κ2) is 9.01. The molecule has 1 saturated heterocycles. The van der Waals surface area contributed by atoms with Gasteiger partial charge in [-0.2, -0.15) is 13.2 Å². The molecule has 1 aromatic rings. The number of fused-ring (bicyclic) bond motifs is 5. The average molecular weight is 597 g/mol. The van der Waals surface area contributed by atoms with E-state index in [0.717, 1.165) is 31.9 Å². The van der Waals surface area contributed by atoms with Crippen molar-refractivity contribution in [1.82, 2.24) is 0 Å². The van der Waals surface area contributed by atoms with Gasteiger partial charge in [0.05, 0.1) is 18.3 Å². The Bertz CT molecular complexity index is 1370. The van der Waals surface area contributed by atoms with Gasteiger partial charge in [0, 0.05) is 5.41 Å². The highest BCUT2D eigenvalue weighted by Crippen LogP contribution is 2.78. The molecule has 1 heterocycles. The second-order valence-corrected chi connectivity index (χ2v) is 17.8. The summed E-state index contributed by atoms with van der Waals surface area (Å²) in [5, 5.41) is 0. The van der Waals surface area contributed by atoms with Crippen LogP contribution in [0, 0.1) is 56.2 Å². The van der Waals surface area contributed by atoms with Gasteiger partial charge in [0.1, 0.15) is 0 Å². The minimum absolute atomic E-state index is 0.0354. The van der Waals surface area contributed by atoms with E-state index in [4.69, 9.17) is 4.74 Å². The number of carbonyl (C=O) groups excluding carboxylic acids is 1. The van der Waals surface area contributed by atoms with Gasteiger partial charge >= 0.3 is 6.18 Å². The monoisotopic (exact) mass is 596 g/mol. The van der Waals surface area contributed by atoms with Gasteiger partial charge < -0.3 is 4.74 Å². The third kappa shape index (κ3) is 3.84. The summed E-state index contributed by atoms with van der Waals surface area (Å²) >= 11 is 0. The molecule has 43 heavy (non-hydrogen) atoms. The number of halogens is 3. The van der Waals surface area contributed by atoms with Gasteiger partial charge in [0.15, 0.2) is 5.78 Å². The molecule has 6 fully saturated rings. The average Bonchev–Trinajstić information content (AvgIpc) is 3.25. The highest BCUT2D eigenvalue weighted by molar-refractivity contribution is 6.04. The molecule has 6 aliphatic rings. The van der Waals surface area contributed by atoms with Crippen LogP contribution in [0.2, 0.25) is 0 Å². The summed E-state index contributed by atoms with van der Waals surface area (Å²) in [6.45, 7) is 17.5. The lowest BCUT2D eigenvalue weighted by atomic mass is 9.31. The summed E-state index contributed by atoms with van der Waals surface area (Å²) < 4.78 is 48.6. The zero-order valence-electron chi connectivity index (χ0n) is 27.3. The van der Waals surface area contributed by atoms with Crippen molar-refractivity contribution in [2.24, 2.45) is 56.2 Å². The van der Waals surface area contributed by atoms with Crippen LogP contribution >= 0.6 is 0 Å². The lowest BCUT2D eigenvalue weighted by Crippen LogP contribution is -2.67. The highest BCUT2D eigenvalue weighted by atomic mass is 19.4. The van der Waals surface area contributed by atoms with E-state index in [9.17, 15) is 18.0 Å². The van der Waals surface area contributed by atoms with Crippen LogP contribution < -0.4 is 0 Å². The Morgan fingerprint density at radius 2 is 1.53 bits per heavy atom. The zero-order chi connectivity index (χ0) is 31.0. The number of hydrogen-bond donors (Lipinski definition) is 0. The summed E-state index contributed by atoms with van der Waals surface area (Å²) in [4.78, 5) is 14.1. The minimum atomic E-state index is -4.46. The first-order valence-electron chi connectivity index (χ1n) is 16.9. The zero-order valence-corrected chi connectivity index (χ0v) is 27.3. The van der Waals surface area contributed by atoms with Crippen LogP contribution in [0.1, 0.15) is 117 Å². The van der Waals surface area contributed by atoms with Gasteiger partial charge in [0.2, 0.25) is 0 Å². The Morgan fingerprint density at radius 1 is 0.837 bits per heavy atom. The number of rotatable bonds is 1. The van der Waals surface area contributed by atoms with Crippen molar-refractivity contribution >= 4 is 11.9 Å². The molecule has 7 rings (SSSR count). The molecule has 0 aromatic heterocycles. The molecule has 1 aromatic carbocycles. The Labute approximate surface area is 256 Å². The van der Waals surface area contributed by atoms with Gasteiger partial charge in [0.25, 0.3) is 0 Å². The maximum Gasteiger partial charge on any atom is 0.416 e. The van der Waals surface area contributed by atoms with E-state index in [0.29, 0.717) is 41.3 Å². The van der Waals surface area contributed by atoms with Gasteiger partial charge in [-0.05, 0) is 132 Å². The molecule has 0 radical (unpaired) electrons. The van der Waals surface area contributed by atoms with E-state index in [1.807, 2.05) is 0 Å². The van der Waals surface area contributed by atoms with E-state index in [2.05, 4.69) is 48.5 Å². The normalized spacial score (nSPS) is 47.3. The predicted molar refractivity (Wildman–Crippen MR) is 164 cm³/mol. The fraction of sp³-hybridized carbons (Fsp3) is 0.763. The molecule has 2 nitrogen and oxygen atoms in total. The van der Waals surface area contributed by atoms with E-state index < -0.39 is 17.2 Å². The second-order valence-electron chi connectivity index (χ2n) is 17.8. The van der Waals surface area contributed by atoms with Crippen molar-refractivity contribution in [2.45, 2.75) is 119 Å². The van der Waals surface area contributed by atoms with Crippen LogP contribution in [0.15, 0.2) is 29.8 Å². The lowest BCUT2D eigenvalue weighted by molar-refractivity contribution is -0.236. The van der Waals surface area contributed by atoms with Crippen molar-refractivity contribution in [3.05, 3.63) is 41.0 Å². The molecule has 5 saturated carbocycles. The van der Waals surface area contributed by atoms with Crippen LogP contribution in [-0.2, 0) is 15.7 Å². The topological polar surface area (TPSA) is 26.3 Å². The number of Topliss-reactive ketones (excluding diaryl/α,β-unsaturated/α-hetero) is 1. The van der Waals surface area contributed by atoms with E-state index >= 15 is 0 Å². The Kier molecular flexibility index (Phi) is 6.30. The number of ether oxygens (including phenoxy) is 1. The highest BCUT2D eigenvalue weighted by Gasteiger charge is 2.73. The summed E-state index contributed by atoms with van der Waals surface area (Å²) in [5.74, 6) is 1.95. The smallest absolute Gasteiger partial charge is 0.377 e. The maximum absolute atomic E-state index is 14.1. The molecule has 0 unspecified atom stereocenters. The first kappa shape index (κ1) is 30.1. The first-order chi connectivity index (χ1) is 19.9. The fourth-order valence-corrected chi connectivity index (χ4v) is 13.0. The molecule has 0 amide bonds. The summed E-state index contributed by atoms with van der Waals surface area (Å²) in [6.07, 6.45) is 7.56. The van der Waals surface area contributed by atoms with Crippen LogP contribution in [0.3, 0.4) is 0 Å². The number of alkyl halides is 3. The SMILES string of the molecule is CC1(C)CC[C@]23CC[C@]4(C)[C@H](CC[C@@H]5[C@@]6(C)C/C(=C\c7ccccc7C(F)(F)F)C(=O)C(C)(C)[C@H]6CC[C@]54C)[C@H]2[C@H]1OC3. The number of benzene rings is 1. The fourth-order valence-electron chi connectivity index (χ4n) is 13.0. The van der Waals surface area contributed by atoms with Crippen molar-refractivity contribution < 1.29 is 22.7 Å². The molecular formula is C38H51F3O2.